The molecule has 5 nitrogen and oxygen atoms in total. The Kier molecular flexibility index (Phi) is 4.55. The highest BCUT2D eigenvalue weighted by Crippen LogP contribution is 2.12. The first-order valence-corrected chi connectivity index (χ1v) is 5.25. The fourth-order valence-electron chi connectivity index (χ4n) is 1.76. The number of rotatable bonds is 5. The molecule has 86 valence electrons. The summed E-state index contributed by atoms with van der Waals surface area (Å²) in [4.78, 5) is 23.6. The first-order chi connectivity index (χ1) is 7.08. The van der Waals surface area contributed by atoms with Crippen molar-refractivity contribution in [2.75, 3.05) is 26.7 Å². The number of amides is 1. The van der Waals surface area contributed by atoms with Gasteiger partial charge in [-0.2, -0.15) is 0 Å². The molecule has 2 N–H and O–H groups in total. The summed E-state index contributed by atoms with van der Waals surface area (Å²) in [5.41, 5.74) is 0. The Morgan fingerprint density at radius 3 is 2.73 bits per heavy atom. The smallest absolute Gasteiger partial charge is 0.303 e. The van der Waals surface area contributed by atoms with Gasteiger partial charge in [-0.3, -0.25) is 9.59 Å². The van der Waals surface area contributed by atoms with E-state index >= 15 is 0 Å². The topological polar surface area (TPSA) is 69.6 Å². The fourth-order valence-corrected chi connectivity index (χ4v) is 1.76. The van der Waals surface area contributed by atoms with Crippen LogP contribution < -0.4 is 5.32 Å². The maximum atomic E-state index is 11.2. The van der Waals surface area contributed by atoms with Gasteiger partial charge in [0.15, 0.2) is 0 Å². The van der Waals surface area contributed by atoms with Crippen LogP contribution in [0.15, 0.2) is 0 Å². The van der Waals surface area contributed by atoms with Crippen LogP contribution in [-0.4, -0.2) is 48.6 Å². The standard InChI is InChI=1S/C10H18N2O3/c1-12-5-4-8(7-12)6-11-9(13)2-3-10(14)15/h8H,2-7H2,1H3,(H,11,13)(H,14,15). The summed E-state index contributed by atoms with van der Waals surface area (Å²) in [5.74, 6) is -0.568. The largest absolute Gasteiger partial charge is 0.481 e. The molecule has 1 aliphatic rings. The van der Waals surface area contributed by atoms with E-state index in [0.29, 0.717) is 12.5 Å². The molecule has 0 spiro atoms. The van der Waals surface area contributed by atoms with Crippen molar-refractivity contribution in [3.8, 4) is 0 Å². The third-order valence-electron chi connectivity index (χ3n) is 2.64. The number of carboxylic acid groups (broad SMARTS) is 1. The maximum absolute atomic E-state index is 11.2. The van der Waals surface area contributed by atoms with E-state index in [1.165, 1.54) is 0 Å². The lowest BCUT2D eigenvalue weighted by Gasteiger charge is -2.11. The normalized spacial score (nSPS) is 21.5. The van der Waals surface area contributed by atoms with Gasteiger partial charge >= 0.3 is 5.97 Å². The lowest BCUT2D eigenvalue weighted by Crippen LogP contribution is -2.30. The molecule has 1 heterocycles. The van der Waals surface area contributed by atoms with Crippen LogP contribution in [0.3, 0.4) is 0 Å². The predicted molar refractivity (Wildman–Crippen MR) is 55.5 cm³/mol. The van der Waals surface area contributed by atoms with Crippen molar-refractivity contribution >= 4 is 11.9 Å². The number of carbonyl (C=O) groups excluding carboxylic acids is 1. The van der Waals surface area contributed by atoms with Gasteiger partial charge in [0.2, 0.25) is 5.91 Å². The van der Waals surface area contributed by atoms with Crippen LogP contribution in [-0.2, 0) is 9.59 Å². The minimum Gasteiger partial charge on any atom is -0.481 e. The average molecular weight is 214 g/mol. The molecule has 1 amide bonds. The van der Waals surface area contributed by atoms with E-state index in [1.807, 2.05) is 0 Å². The monoisotopic (exact) mass is 214 g/mol. The molecule has 1 rings (SSSR count). The van der Waals surface area contributed by atoms with Gasteiger partial charge in [-0.15, -0.1) is 0 Å². The second kappa shape index (κ2) is 5.70. The Labute approximate surface area is 89.4 Å². The summed E-state index contributed by atoms with van der Waals surface area (Å²) in [6.07, 6.45) is 1.10. The van der Waals surface area contributed by atoms with E-state index in [-0.39, 0.29) is 18.7 Å². The van der Waals surface area contributed by atoms with Crippen LogP contribution >= 0.6 is 0 Å². The Balaban J connectivity index is 2.09. The van der Waals surface area contributed by atoms with Crippen molar-refractivity contribution in [3.05, 3.63) is 0 Å². The van der Waals surface area contributed by atoms with Crippen molar-refractivity contribution in [1.82, 2.24) is 10.2 Å². The van der Waals surface area contributed by atoms with Gasteiger partial charge in [0.25, 0.3) is 0 Å². The number of hydrogen-bond donors (Lipinski definition) is 2. The van der Waals surface area contributed by atoms with Crippen molar-refractivity contribution in [2.24, 2.45) is 5.92 Å². The van der Waals surface area contributed by atoms with Gasteiger partial charge in [0, 0.05) is 19.5 Å². The molecule has 0 aromatic carbocycles. The molecule has 0 aromatic rings. The SMILES string of the molecule is CN1CCC(CNC(=O)CCC(=O)O)C1. The fraction of sp³-hybridized carbons (Fsp3) is 0.800. The lowest BCUT2D eigenvalue weighted by atomic mass is 10.1. The molecule has 1 unspecified atom stereocenters. The lowest BCUT2D eigenvalue weighted by molar-refractivity contribution is -0.138. The zero-order valence-corrected chi connectivity index (χ0v) is 9.03. The number of aliphatic carboxylic acids is 1. The molecule has 0 radical (unpaired) electrons. The predicted octanol–water partition coefficient (Wildman–Crippen LogP) is -0.0809. The van der Waals surface area contributed by atoms with Crippen LogP contribution in [0.1, 0.15) is 19.3 Å². The van der Waals surface area contributed by atoms with Gasteiger partial charge in [0.1, 0.15) is 0 Å². The van der Waals surface area contributed by atoms with Crippen molar-refractivity contribution in [2.45, 2.75) is 19.3 Å². The molecular formula is C10H18N2O3. The van der Waals surface area contributed by atoms with Gasteiger partial charge in [-0.05, 0) is 25.9 Å². The van der Waals surface area contributed by atoms with E-state index in [9.17, 15) is 9.59 Å². The molecule has 0 aliphatic carbocycles. The summed E-state index contributed by atoms with van der Waals surface area (Å²) in [5, 5.41) is 11.2. The summed E-state index contributed by atoms with van der Waals surface area (Å²) in [7, 11) is 2.06. The Hall–Kier alpha value is -1.10. The minimum atomic E-state index is -0.925. The summed E-state index contributed by atoms with van der Waals surface area (Å²) < 4.78 is 0. The summed E-state index contributed by atoms with van der Waals surface area (Å²) in [6, 6.07) is 0. The molecule has 1 atom stereocenters. The first kappa shape index (κ1) is 12.0. The number of carbonyl (C=O) groups is 2. The van der Waals surface area contributed by atoms with Crippen LogP contribution in [0.5, 0.6) is 0 Å². The van der Waals surface area contributed by atoms with E-state index in [2.05, 4.69) is 17.3 Å². The zero-order valence-electron chi connectivity index (χ0n) is 9.03. The first-order valence-electron chi connectivity index (χ1n) is 5.25. The molecule has 1 fully saturated rings. The number of nitrogens with zero attached hydrogens (tertiary/aromatic N) is 1. The number of nitrogens with one attached hydrogen (secondary N) is 1. The highest BCUT2D eigenvalue weighted by Gasteiger charge is 2.19. The second-order valence-corrected chi connectivity index (χ2v) is 4.11. The van der Waals surface area contributed by atoms with Crippen LogP contribution in [0.25, 0.3) is 0 Å². The maximum Gasteiger partial charge on any atom is 0.303 e. The molecule has 5 heteroatoms. The van der Waals surface area contributed by atoms with E-state index < -0.39 is 5.97 Å². The van der Waals surface area contributed by atoms with Crippen molar-refractivity contribution < 1.29 is 14.7 Å². The molecule has 1 aliphatic heterocycles. The quantitative estimate of drug-likeness (QED) is 0.671. The number of hydrogen-bond acceptors (Lipinski definition) is 3. The Morgan fingerprint density at radius 1 is 1.47 bits per heavy atom. The summed E-state index contributed by atoms with van der Waals surface area (Å²) in [6.45, 7) is 2.76. The van der Waals surface area contributed by atoms with Crippen LogP contribution in [0.4, 0.5) is 0 Å². The van der Waals surface area contributed by atoms with Crippen molar-refractivity contribution in [3.63, 3.8) is 0 Å². The van der Waals surface area contributed by atoms with Crippen LogP contribution in [0.2, 0.25) is 0 Å². The minimum absolute atomic E-state index is 0.0812. The number of carboxylic acids is 1. The van der Waals surface area contributed by atoms with Gasteiger partial charge in [-0.1, -0.05) is 0 Å². The van der Waals surface area contributed by atoms with Crippen molar-refractivity contribution in [1.29, 1.82) is 0 Å². The molecule has 0 bridgehead atoms. The molecule has 1 saturated heterocycles. The third kappa shape index (κ3) is 4.78. The zero-order chi connectivity index (χ0) is 11.3. The molecule has 15 heavy (non-hydrogen) atoms. The average Bonchev–Trinajstić information content (AvgIpc) is 2.58. The van der Waals surface area contributed by atoms with E-state index in [4.69, 9.17) is 5.11 Å². The highest BCUT2D eigenvalue weighted by atomic mass is 16.4. The van der Waals surface area contributed by atoms with E-state index in [0.717, 1.165) is 19.5 Å². The second-order valence-electron chi connectivity index (χ2n) is 4.11. The highest BCUT2D eigenvalue weighted by molar-refractivity contribution is 5.80. The van der Waals surface area contributed by atoms with Gasteiger partial charge in [0.05, 0.1) is 6.42 Å². The summed E-state index contributed by atoms with van der Waals surface area (Å²) >= 11 is 0. The number of likely N-dealkylation sites (tertiary alicyclic amines) is 1. The Bertz CT molecular complexity index is 243. The van der Waals surface area contributed by atoms with Gasteiger partial charge in [-0.25, -0.2) is 0 Å². The van der Waals surface area contributed by atoms with E-state index in [1.54, 1.807) is 0 Å². The van der Waals surface area contributed by atoms with Crippen LogP contribution in [0, 0.1) is 5.92 Å². The molecular weight excluding hydrogens is 196 g/mol. The molecule has 0 saturated carbocycles. The van der Waals surface area contributed by atoms with Gasteiger partial charge < -0.3 is 15.3 Å². The molecule has 0 aromatic heterocycles. The Morgan fingerprint density at radius 2 is 2.20 bits per heavy atom. The third-order valence-corrected chi connectivity index (χ3v) is 2.64.